The number of nitrogens with zero attached hydrogens (tertiary/aromatic N) is 1. The molecular formula is C14H17N3. The molecule has 88 valence electrons. The van der Waals surface area contributed by atoms with Crippen LogP contribution in [-0.2, 0) is 12.8 Å². The average Bonchev–Trinajstić information content (AvgIpc) is 2.40. The van der Waals surface area contributed by atoms with Crippen molar-refractivity contribution >= 4 is 0 Å². The van der Waals surface area contributed by atoms with Gasteiger partial charge in [0, 0.05) is 18.4 Å². The summed E-state index contributed by atoms with van der Waals surface area (Å²) in [5.74, 6) is 5.60. The lowest BCUT2D eigenvalue weighted by Crippen LogP contribution is -2.38. The first-order valence-electron chi connectivity index (χ1n) is 5.77. The van der Waals surface area contributed by atoms with E-state index in [1.54, 1.807) is 0 Å². The smallest absolute Gasteiger partial charge is 0.0291 e. The summed E-state index contributed by atoms with van der Waals surface area (Å²) < 4.78 is 0. The van der Waals surface area contributed by atoms with Crippen LogP contribution in [0.1, 0.15) is 11.1 Å². The van der Waals surface area contributed by atoms with Crippen molar-refractivity contribution in [2.45, 2.75) is 18.9 Å². The molecule has 0 spiro atoms. The van der Waals surface area contributed by atoms with E-state index in [0.717, 1.165) is 12.8 Å². The van der Waals surface area contributed by atoms with Gasteiger partial charge in [0.05, 0.1) is 0 Å². The molecular weight excluding hydrogens is 210 g/mol. The number of nitrogens with two attached hydrogens (primary N) is 1. The van der Waals surface area contributed by atoms with Crippen LogP contribution in [0.25, 0.3) is 0 Å². The Morgan fingerprint density at radius 1 is 0.941 bits per heavy atom. The van der Waals surface area contributed by atoms with E-state index < -0.39 is 0 Å². The number of benzene rings is 1. The summed E-state index contributed by atoms with van der Waals surface area (Å²) in [6.45, 7) is 0. The molecule has 0 saturated carbocycles. The Hall–Kier alpha value is -1.71. The van der Waals surface area contributed by atoms with Crippen LogP contribution in [0.4, 0.5) is 0 Å². The first-order valence-corrected chi connectivity index (χ1v) is 5.77. The highest BCUT2D eigenvalue weighted by Crippen LogP contribution is 2.07. The molecule has 0 fully saturated rings. The Balaban J connectivity index is 1.98. The standard InChI is InChI=1S/C14H17N3/c15-17-14(10-12-4-2-1-3-5-12)11-13-6-8-16-9-7-13/h1-9,14,17H,10-11,15H2. The fraction of sp³-hybridized carbons (Fsp3) is 0.214. The molecule has 0 aliphatic carbocycles. The van der Waals surface area contributed by atoms with Gasteiger partial charge in [-0.25, -0.2) is 0 Å². The zero-order chi connectivity index (χ0) is 11.9. The molecule has 3 N–H and O–H groups in total. The van der Waals surface area contributed by atoms with Gasteiger partial charge in [-0.2, -0.15) is 0 Å². The van der Waals surface area contributed by atoms with Crippen molar-refractivity contribution in [1.29, 1.82) is 0 Å². The van der Waals surface area contributed by atoms with Crippen LogP contribution in [0.3, 0.4) is 0 Å². The highest BCUT2D eigenvalue weighted by Gasteiger charge is 2.08. The van der Waals surface area contributed by atoms with Crippen LogP contribution in [0, 0.1) is 0 Å². The van der Waals surface area contributed by atoms with Gasteiger partial charge in [-0.3, -0.25) is 16.3 Å². The number of hydrazine groups is 1. The second-order valence-electron chi connectivity index (χ2n) is 4.11. The molecule has 3 heteroatoms. The minimum atomic E-state index is 0.250. The quantitative estimate of drug-likeness (QED) is 0.604. The second kappa shape index (κ2) is 6.13. The number of pyridine rings is 1. The van der Waals surface area contributed by atoms with E-state index in [1.165, 1.54) is 11.1 Å². The molecule has 1 unspecified atom stereocenters. The number of hydrogen-bond donors (Lipinski definition) is 2. The molecule has 0 amide bonds. The number of rotatable bonds is 5. The third kappa shape index (κ3) is 3.66. The van der Waals surface area contributed by atoms with Crippen molar-refractivity contribution < 1.29 is 0 Å². The van der Waals surface area contributed by atoms with Crippen molar-refractivity contribution in [3.8, 4) is 0 Å². The zero-order valence-electron chi connectivity index (χ0n) is 9.71. The van der Waals surface area contributed by atoms with Gasteiger partial charge in [-0.1, -0.05) is 30.3 Å². The summed E-state index contributed by atoms with van der Waals surface area (Å²) in [6, 6.07) is 14.7. The van der Waals surface area contributed by atoms with E-state index in [1.807, 2.05) is 30.6 Å². The molecule has 1 heterocycles. The van der Waals surface area contributed by atoms with Crippen molar-refractivity contribution in [3.05, 3.63) is 66.0 Å². The summed E-state index contributed by atoms with van der Waals surface area (Å²) in [6.07, 6.45) is 5.46. The number of aromatic nitrogens is 1. The highest BCUT2D eigenvalue weighted by atomic mass is 15.2. The van der Waals surface area contributed by atoms with Crippen molar-refractivity contribution in [1.82, 2.24) is 10.4 Å². The lowest BCUT2D eigenvalue weighted by Gasteiger charge is -2.15. The van der Waals surface area contributed by atoms with E-state index in [4.69, 9.17) is 5.84 Å². The summed E-state index contributed by atoms with van der Waals surface area (Å²) in [5, 5.41) is 0. The third-order valence-corrected chi connectivity index (χ3v) is 2.79. The highest BCUT2D eigenvalue weighted by molar-refractivity contribution is 5.18. The molecule has 3 nitrogen and oxygen atoms in total. The predicted octanol–water partition coefficient (Wildman–Crippen LogP) is 1.70. The average molecular weight is 227 g/mol. The fourth-order valence-corrected chi connectivity index (χ4v) is 1.89. The van der Waals surface area contributed by atoms with E-state index in [9.17, 15) is 0 Å². The van der Waals surface area contributed by atoms with Crippen molar-refractivity contribution in [3.63, 3.8) is 0 Å². The van der Waals surface area contributed by atoms with Gasteiger partial charge >= 0.3 is 0 Å². The van der Waals surface area contributed by atoms with Gasteiger partial charge in [0.15, 0.2) is 0 Å². The minimum absolute atomic E-state index is 0.250. The molecule has 0 aliphatic rings. The van der Waals surface area contributed by atoms with Crippen LogP contribution in [0.5, 0.6) is 0 Å². The lowest BCUT2D eigenvalue weighted by molar-refractivity contribution is 0.522. The molecule has 0 saturated heterocycles. The van der Waals surface area contributed by atoms with Crippen LogP contribution in [-0.4, -0.2) is 11.0 Å². The van der Waals surface area contributed by atoms with Crippen molar-refractivity contribution in [2.75, 3.05) is 0 Å². The summed E-state index contributed by atoms with van der Waals surface area (Å²) >= 11 is 0. The molecule has 1 atom stereocenters. The summed E-state index contributed by atoms with van der Waals surface area (Å²) in [4.78, 5) is 4.01. The molecule has 0 aliphatic heterocycles. The number of nitrogens with one attached hydrogen (secondary N) is 1. The molecule has 1 aromatic heterocycles. The van der Waals surface area contributed by atoms with Gasteiger partial charge in [0.1, 0.15) is 0 Å². The summed E-state index contributed by atoms with van der Waals surface area (Å²) in [5.41, 5.74) is 5.42. The predicted molar refractivity (Wildman–Crippen MR) is 69.2 cm³/mol. The topological polar surface area (TPSA) is 50.9 Å². The van der Waals surface area contributed by atoms with Crippen LogP contribution < -0.4 is 11.3 Å². The Bertz CT molecular complexity index is 386. The van der Waals surface area contributed by atoms with Crippen molar-refractivity contribution in [2.24, 2.45) is 5.84 Å². The van der Waals surface area contributed by atoms with E-state index >= 15 is 0 Å². The Labute approximate surface area is 102 Å². The maximum absolute atomic E-state index is 5.60. The maximum atomic E-state index is 5.60. The van der Waals surface area contributed by atoms with Gasteiger partial charge in [0.25, 0.3) is 0 Å². The van der Waals surface area contributed by atoms with E-state index in [-0.39, 0.29) is 6.04 Å². The van der Waals surface area contributed by atoms with Gasteiger partial charge in [-0.05, 0) is 36.1 Å². The largest absolute Gasteiger partial charge is 0.271 e. The number of hydrogen-bond acceptors (Lipinski definition) is 3. The first-order chi connectivity index (χ1) is 8.38. The lowest BCUT2D eigenvalue weighted by atomic mass is 10.0. The SMILES string of the molecule is NNC(Cc1ccccc1)Cc1ccncc1. The van der Waals surface area contributed by atoms with Crippen LogP contribution in [0.2, 0.25) is 0 Å². The first kappa shape index (κ1) is 11.8. The van der Waals surface area contributed by atoms with Gasteiger partial charge in [-0.15, -0.1) is 0 Å². The summed E-state index contributed by atoms with van der Waals surface area (Å²) in [7, 11) is 0. The van der Waals surface area contributed by atoms with Crippen LogP contribution >= 0.6 is 0 Å². The molecule has 0 radical (unpaired) electrons. The maximum Gasteiger partial charge on any atom is 0.0291 e. The van der Waals surface area contributed by atoms with E-state index in [2.05, 4.69) is 34.7 Å². The Morgan fingerprint density at radius 2 is 1.53 bits per heavy atom. The van der Waals surface area contributed by atoms with E-state index in [0.29, 0.717) is 0 Å². The Kier molecular flexibility index (Phi) is 4.24. The monoisotopic (exact) mass is 227 g/mol. The zero-order valence-corrected chi connectivity index (χ0v) is 9.71. The third-order valence-electron chi connectivity index (χ3n) is 2.79. The molecule has 17 heavy (non-hydrogen) atoms. The molecule has 2 rings (SSSR count). The van der Waals surface area contributed by atoms with Crippen LogP contribution in [0.15, 0.2) is 54.9 Å². The van der Waals surface area contributed by atoms with Gasteiger partial charge < -0.3 is 0 Å². The minimum Gasteiger partial charge on any atom is -0.271 e. The Morgan fingerprint density at radius 3 is 2.12 bits per heavy atom. The van der Waals surface area contributed by atoms with Gasteiger partial charge in [0.2, 0.25) is 0 Å². The normalized spacial score (nSPS) is 12.3. The molecule has 0 bridgehead atoms. The molecule has 1 aromatic carbocycles. The second-order valence-corrected chi connectivity index (χ2v) is 4.11. The fourth-order valence-electron chi connectivity index (χ4n) is 1.89. The molecule has 2 aromatic rings.